The minimum atomic E-state index is -1.14. The van der Waals surface area contributed by atoms with Gasteiger partial charge in [0, 0.05) is 16.6 Å². The highest BCUT2D eigenvalue weighted by molar-refractivity contribution is 9.10. The second kappa shape index (κ2) is 9.82. The molecule has 1 unspecified atom stereocenters. The molecule has 3 aromatic rings. The van der Waals surface area contributed by atoms with Crippen molar-refractivity contribution in [3.8, 4) is 0 Å². The molecule has 0 heterocycles. The van der Waals surface area contributed by atoms with E-state index in [1.54, 1.807) is 12.1 Å². The maximum absolute atomic E-state index is 14.5. The van der Waals surface area contributed by atoms with Crippen LogP contribution in [-0.2, 0) is 11.3 Å². The van der Waals surface area contributed by atoms with E-state index < -0.39 is 17.5 Å². The zero-order valence-corrected chi connectivity index (χ0v) is 18.1. The Morgan fingerprint density at radius 2 is 1.83 bits per heavy atom. The fraction of sp³-hybridized carbons (Fsp3) is 0.174. The summed E-state index contributed by atoms with van der Waals surface area (Å²) in [6.07, 6.45) is 0.272. The molecule has 0 aliphatic carbocycles. The molecule has 0 aliphatic rings. The number of hydroxylamine groups is 1. The summed E-state index contributed by atoms with van der Waals surface area (Å²) in [4.78, 5) is 18.1. The van der Waals surface area contributed by atoms with E-state index in [4.69, 9.17) is 4.84 Å². The first kappa shape index (κ1) is 21.9. The molecule has 0 fully saturated rings. The molecule has 7 heteroatoms. The van der Waals surface area contributed by atoms with Crippen LogP contribution < -0.4 is 10.8 Å². The zero-order valence-electron chi connectivity index (χ0n) is 16.5. The maximum Gasteiger partial charge on any atom is 0.277 e. The predicted octanol–water partition coefficient (Wildman–Crippen LogP) is 6.07. The van der Waals surface area contributed by atoms with Gasteiger partial charge in [-0.1, -0.05) is 46.3 Å². The normalized spacial score (nSPS) is 11.8. The van der Waals surface area contributed by atoms with E-state index in [9.17, 15) is 13.6 Å². The Kier molecular flexibility index (Phi) is 7.18. The van der Waals surface area contributed by atoms with Crippen LogP contribution in [0.25, 0.3) is 0 Å². The van der Waals surface area contributed by atoms with E-state index in [2.05, 4.69) is 26.7 Å². The lowest BCUT2D eigenvalue weighted by Gasteiger charge is -2.17. The Bertz CT molecular complexity index is 1040. The Morgan fingerprint density at radius 1 is 1.10 bits per heavy atom. The highest BCUT2D eigenvalue weighted by Crippen LogP contribution is 2.29. The minimum Gasteiger partial charge on any atom is -0.352 e. The lowest BCUT2D eigenvalue weighted by atomic mass is 10.1. The van der Waals surface area contributed by atoms with E-state index in [1.165, 1.54) is 6.07 Å². The molecule has 0 radical (unpaired) electrons. The summed E-state index contributed by atoms with van der Waals surface area (Å²) >= 11 is 3.36. The van der Waals surface area contributed by atoms with Crippen molar-refractivity contribution in [2.75, 3.05) is 5.32 Å². The number of halogens is 3. The molecule has 0 saturated heterocycles. The molecule has 0 saturated carbocycles. The number of carbonyl (C=O) groups excluding carboxylic acids is 1. The second-order valence-electron chi connectivity index (χ2n) is 6.92. The molecule has 0 bridgehead atoms. The second-order valence-corrected chi connectivity index (χ2v) is 7.83. The highest BCUT2D eigenvalue weighted by Gasteiger charge is 2.20. The molecule has 0 aromatic heterocycles. The molecule has 1 atom stereocenters. The van der Waals surface area contributed by atoms with Crippen LogP contribution in [0, 0.1) is 18.6 Å². The van der Waals surface area contributed by atoms with Gasteiger partial charge in [-0.2, -0.15) is 0 Å². The summed E-state index contributed by atoms with van der Waals surface area (Å²) in [5.74, 6) is -2.87. The topological polar surface area (TPSA) is 50.4 Å². The number of benzene rings is 3. The third-order valence-corrected chi connectivity index (χ3v) is 5.00. The molecule has 0 aliphatic heterocycles. The van der Waals surface area contributed by atoms with Crippen LogP contribution in [0.3, 0.4) is 0 Å². The van der Waals surface area contributed by atoms with E-state index in [1.807, 2.05) is 50.2 Å². The summed E-state index contributed by atoms with van der Waals surface area (Å²) in [5, 5.41) is 2.83. The van der Waals surface area contributed by atoms with Crippen molar-refractivity contribution in [3.63, 3.8) is 0 Å². The van der Waals surface area contributed by atoms with Gasteiger partial charge in [0.05, 0.1) is 17.4 Å². The average molecular weight is 475 g/mol. The van der Waals surface area contributed by atoms with E-state index in [0.29, 0.717) is 12.1 Å². The number of hydrogen-bond acceptors (Lipinski definition) is 3. The number of nitrogens with one attached hydrogen (secondary N) is 2. The Hall–Kier alpha value is -2.77. The number of carbonyl (C=O) groups is 1. The lowest BCUT2D eigenvalue weighted by molar-refractivity contribution is -0.00731. The van der Waals surface area contributed by atoms with Gasteiger partial charge < -0.3 is 5.32 Å². The first-order valence-electron chi connectivity index (χ1n) is 9.36. The smallest absolute Gasteiger partial charge is 0.277 e. The van der Waals surface area contributed by atoms with Crippen LogP contribution in [-0.4, -0.2) is 12.0 Å². The van der Waals surface area contributed by atoms with Gasteiger partial charge in [-0.3, -0.25) is 9.63 Å². The van der Waals surface area contributed by atoms with Gasteiger partial charge in [-0.15, -0.1) is 0 Å². The molecular weight excluding hydrogens is 454 g/mol. The van der Waals surface area contributed by atoms with Gasteiger partial charge in [-0.05, 0) is 55.3 Å². The van der Waals surface area contributed by atoms with Crippen molar-refractivity contribution < 1.29 is 18.4 Å². The molecule has 3 aromatic carbocycles. The van der Waals surface area contributed by atoms with Crippen LogP contribution in [0.4, 0.5) is 20.2 Å². The van der Waals surface area contributed by atoms with Crippen LogP contribution in [0.2, 0.25) is 0 Å². The molecule has 1 amide bonds. The molecule has 4 nitrogen and oxygen atoms in total. The minimum absolute atomic E-state index is 0.0665. The third kappa shape index (κ3) is 5.43. The predicted molar refractivity (Wildman–Crippen MR) is 117 cm³/mol. The van der Waals surface area contributed by atoms with Gasteiger partial charge in [-0.25, -0.2) is 14.3 Å². The fourth-order valence-corrected chi connectivity index (χ4v) is 3.44. The molecule has 30 heavy (non-hydrogen) atoms. The third-order valence-electron chi connectivity index (χ3n) is 4.51. The number of rotatable bonds is 7. The molecule has 0 spiro atoms. The Morgan fingerprint density at radius 3 is 2.53 bits per heavy atom. The monoisotopic (exact) mass is 474 g/mol. The van der Waals surface area contributed by atoms with Gasteiger partial charge in [0.1, 0.15) is 0 Å². The average Bonchev–Trinajstić information content (AvgIpc) is 2.72. The van der Waals surface area contributed by atoms with Gasteiger partial charge in [0.2, 0.25) is 0 Å². The maximum atomic E-state index is 14.5. The van der Waals surface area contributed by atoms with Crippen molar-refractivity contribution in [3.05, 3.63) is 93.5 Å². The zero-order chi connectivity index (χ0) is 21.7. The van der Waals surface area contributed by atoms with Gasteiger partial charge >= 0.3 is 0 Å². The lowest BCUT2D eigenvalue weighted by Crippen LogP contribution is -2.30. The van der Waals surface area contributed by atoms with E-state index >= 15 is 0 Å². The number of anilines is 2. The van der Waals surface area contributed by atoms with Crippen LogP contribution in [0.15, 0.2) is 65.1 Å². The van der Waals surface area contributed by atoms with Crippen molar-refractivity contribution in [2.45, 2.75) is 26.4 Å². The first-order valence-corrected chi connectivity index (χ1v) is 10.2. The quantitative estimate of drug-likeness (QED) is 0.408. The van der Waals surface area contributed by atoms with Crippen molar-refractivity contribution in [1.29, 1.82) is 0 Å². The molecule has 3 rings (SSSR count). The fourth-order valence-electron chi connectivity index (χ4n) is 2.96. The largest absolute Gasteiger partial charge is 0.352 e. The van der Waals surface area contributed by atoms with Crippen LogP contribution in [0.1, 0.15) is 28.4 Å². The Balaban J connectivity index is 1.76. The van der Waals surface area contributed by atoms with Crippen molar-refractivity contribution in [1.82, 2.24) is 5.48 Å². The van der Waals surface area contributed by atoms with E-state index in [0.717, 1.165) is 21.7 Å². The number of hydrogen-bond donors (Lipinski definition) is 2. The highest BCUT2D eigenvalue weighted by atomic mass is 79.9. The standard InChI is InChI=1S/C23H21BrF2N2O2/c1-14-12-17(24)8-11-20(14)27-22-18(9-10-19(25)21(22)26)23(29)28-30-15(2)13-16-6-4-3-5-7-16/h3-12,15,27H,13H2,1-2H3,(H,28,29). The molecule has 2 N–H and O–H groups in total. The summed E-state index contributed by atoms with van der Waals surface area (Å²) in [7, 11) is 0. The van der Waals surface area contributed by atoms with Gasteiger partial charge in [0.15, 0.2) is 11.6 Å². The summed E-state index contributed by atoms with van der Waals surface area (Å²) in [6.45, 7) is 3.63. The first-order chi connectivity index (χ1) is 14.3. The van der Waals surface area contributed by atoms with E-state index in [-0.39, 0.29) is 17.4 Å². The molecular formula is C23H21BrF2N2O2. The van der Waals surface area contributed by atoms with Gasteiger partial charge in [0.25, 0.3) is 5.91 Å². The van der Waals surface area contributed by atoms with Crippen molar-refractivity contribution >= 4 is 33.2 Å². The van der Waals surface area contributed by atoms with Crippen LogP contribution >= 0.6 is 15.9 Å². The Labute approximate surface area is 182 Å². The SMILES string of the molecule is Cc1cc(Br)ccc1Nc1c(C(=O)NOC(C)Cc2ccccc2)ccc(F)c1F. The summed E-state index contributed by atoms with van der Waals surface area (Å²) in [5.41, 5.74) is 4.43. The van der Waals surface area contributed by atoms with Crippen molar-refractivity contribution in [2.24, 2.45) is 0 Å². The number of amides is 1. The summed E-state index contributed by atoms with van der Waals surface area (Å²) < 4.78 is 29.2. The van der Waals surface area contributed by atoms with Crippen LogP contribution in [0.5, 0.6) is 0 Å². The number of aryl methyl sites for hydroxylation is 1. The molecule has 156 valence electrons. The summed E-state index contributed by atoms with van der Waals surface area (Å²) in [6, 6.07) is 17.1.